The maximum absolute atomic E-state index is 12.3. The fraction of sp³-hybridized carbons (Fsp3) is 0.533. The number of anilines is 2. The maximum Gasteiger partial charge on any atom is 0.241 e. The number of aliphatic hydroxyl groups excluding tert-OH is 1. The van der Waals surface area contributed by atoms with E-state index in [-0.39, 0.29) is 18.6 Å². The zero-order valence-corrected chi connectivity index (χ0v) is 12.9. The molecule has 112 valence electrons. The smallest absolute Gasteiger partial charge is 0.241 e. The van der Waals surface area contributed by atoms with Gasteiger partial charge in [-0.2, -0.15) is 0 Å². The Morgan fingerprint density at radius 3 is 2.60 bits per heavy atom. The van der Waals surface area contributed by atoms with Gasteiger partial charge in [-0.3, -0.25) is 9.69 Å². The minimum Gasteiger partial charge on any atom is -0.399 e. The molecule has 0 fully saturated rings. The number of rotatable bonds is 5. The van der Waals surface area contributed by atoms with Crippen LogP contribution in [0.25, 0.3) is 0 Å². The number of nitrogens with one attached hydrogen (secondary N) is 1. The van der Waals surface area contributed by atoms with E-state index in [1.807, 2.05) is 45.7 Å². The van der Waals surface area contributed by atoms with Crippen LogP contribution in [0.2, 0.25) is 0 Å². The number of nitrogen functional groups attached to an aromatic ring is 1. The molecule has 0 saturated carbocycles. The fourth-order valence-corrected chi connectivity index (χ4v) is 1.88. The van der Waals surface area contributed by atoms with Crippen molar-refractivity contribution in [2.45, 2.75) is 39.3 Å². The second kappa shape index (κ2) is 6.24. The molecule has 0 aliphatic carbocycles. The third-order valence-electron chi connectivity index (χ3n) is 3.81. The summed E-state index contributed by atoms with van der Waals surface area (Å²) < 4.78 is 0. The van der Waals surface area contributed by atoms with E-state index in [0.717, 1.165) is 11.3 Å². The molecule has 0 saturated heterocycles. The van der Waals surface area contributed by atoms with Crippen molar-refractivity contribution in [1.29, 1.82) is 0 Å². The molecule has 4 N–H and O–H groups in total. The minimum atomic E-state index is -0.451. The molecular formula is C15H25N3O2. The summed E-state index contributed by atoms with van der Waals surface area (Å²) in [7, 11) is 1.83. The molecule has 0 heterocycles. The number of hydrogen-bond acceptors (Lipinski definition) is 4. The van der Waals surface area contributed by atoms with E-state index in [9.17, 15) is 9.90 Å². The van der Waals surface area contributed by atoms with Gasteiger partial charge in [0.15, 0.2) is 0 Å². The molecule has 0 spiro atoms. The van der Waals surface area contributed by atoms with Gasteiger partial charge < -0.3 is 16.2 Å². The molecule has 0 radical (unpaired) electrons. The SMILES string of the molecule is Cc1cc(N)ccc1NC(=O)C(C)N(C)C(C)(C)CO. The molecular weight excluding hydrogens is 254 g/mol. The predicted octanol–water partition coefficient (Wildman–Crippen LogP) is 1.61. The standard InChI is InChI=1S/C15H25N3O2/c1-10-8-12(16)6-7-13(10)17-14(20)11(2)18(5)15(3,4)9-19/h6-8,11,19H,9,16H2,1-5H3,(H,17,20). The van der Waals surface area contributed by atoms with Gasteiger partial charge >= 0.3 is 0 Å². The molecule has 20 heavy (non-hydrogen) atoms. The maximum atomic E-state index is 12.3. The summed E-state index contributed by atoms with van der Waals surface area (Å²) in [5, 5.41) is 12.3. The largest absolute Gasteiger partial charge is 0.399 e. The van der Waals surface area contributed by atoms with Gasteiger partial charge in [0.1, 0.15) is 0 Å². The molecule has 0 aliphatic heterocycles. The van der Waals surface area contributed by atoms with Crippen LogP contribution in [-0.4, -0.2) is 41.1 Å². The van der Waals surface area contributed by atoms with Crippen molar-refractivity contribution in [1.82, 2.24) is 4.90 Å². The molecule has 0 bridgehead atoms. The molecule has 1 aromatic carbocycles. The molecule has 0 aliphatic rings. The molecule has 1 rings (SSSR count). The number of benzene rings is 1. The van der Waals surface area contributed by atoms with Crippen molar-refractivity contribution < 1.29 is 9.90 Å². The van der Waals surface area contributed by atoms with Gasteiger partial charge in [-0.1, -0.05) is 0 Å². The van der Waals surface area contributed by atoms with E-state index >= 15 is 0 Å². The Kier molecular flexibility index (Phi) is 5.14. The van der Waals surface area contributed by atoms with Gasteiger partial charge in [0.2, 0.25) is 5.91 Å². The summed E-state index contributed by atoms with van der Waals surface area (Å²) in [6, 6.07) is 5.03. The van der Waals surface area contributed by atoms with Gasteiger partial charge in [-0.05, 0) is 58.5 Å². The lowest BCUT2D eigenvalue weighted by atomic mass is 10.0. The molecule has 0 aromatic heterocycles. The number of aliphatic hydroxyl groups is 1. The number of carbonyl (C=O) groups is 1. The Bertz CT molecular complexity index is 486. The van der Waals surface area contributed by atoms with Gasteiger partial charge in [-0.25, -0.2) is 0 Å². The van der Waals surface area contributed by atoms with Crippen LogP contribution < -0.4 is 11.1 Å². The Labute approximate surface area is 120 Å². The summed E-state index contributed by atoms with van der Waals surface area (Å²) >= 11 is 0. The number of likely N-dealkylation sites (N-methyl/N-ethyl adjacent to an activating group) is 1. The van der Waals surface area contributed by atoms with Crippen molar-refractivity contribution in [2.75, 3.05) is 24.7 Å². The summed E-state index contributed by atoms with van der Waals surface area (Å²) in [6.07, 6.45) is 0. The van der Waals surface area contributed by atoms with Gasteiger partial charge in [0, 0.05) is 16.9 Å². The number of carbonyl (C=O) groups excluding carboxylic acids is 1. The summed E-state index contributed by atoms with van der Waals surface area (Å²) in [4.78, 5) is 14.1. The lowest BCUT2D eigenvalue weighted by Crippen LogP contribution is -2.52. The van der Waals surface area contributed by atoms with Crippen LogP contribution in [0.3, 0.4) is 0 Å². The predicted molar refractivity (Wildman–Crippen MR) is 82.6 cm³/mol. The van der Waals surface area contributed by atoms with Crippen LogP contribution in [0.5, 0.6) is 0 Å². The van der Waals surface area contributed by atoms with Crippen LogP contribution in [-0.2, 0) is 4.79 Å². The molecule has 1 amide bonds. The first-order chi connectivity index (χ1) is 9.19. The van der Waals surface area contributed by atoms with Crippen molar-refractivity contribution in [3.63, 3.8) is 0 Å². The number of amides is 1. The van der Waals surface area contributed by atoms with Crippen LogP contribution in [0.1, 0.15) is 26.3 Å². The van der Waals surface area contributed by atoms with Crippen molar-refractivity contribution in [2.24, 2.45) is 0 Å². The first-order valence-corrected chi connectivity index (χ1v) is 6.70. The third-order valence-corrected chi connectivity index (χ3v) is 3.81. The summed E-state index contributed by atoms with van der Waals surface area (Å²) in [5.74, 6) is -0.109. The zero-order valence-electron chi connectivity index (χ0n) is 12.9. The van der Waals surface area contributed by atoms with E-state index in [2.05, 4.69) is 5.32 Å². The molecule has 1 unspecified atom stereocenters. The van der Waals surface area contributed by atoms with E-state index in [1.54, 1.807) is 12.1 Å². The number of nitrogens with zero attached hydrogens (tertiary/aromatic N) is 1. The average molecular weight is 279 g/mol. The monoisotopic (exact) mass is 279 g/mol. The van der Waals surface area contributed by atoms with Gasteiger partial charge in [0.25, 0.3) is 0 Å². The van der Waals surface area contributed by atoms with Crippen molar-refractivity contribution >= 4 is 17.3 Å². The topological polar surface area (TPSA) is 78.6 Å². The second-order valence-electron chi connectivity index (χ2n) is 5.82. The fourth-order valence-electron chi connectivity index (χ4n) is 1.88. The lowest BCUT2D eigenvalue weighted by Gasteiger charge is -2.37. The Hall–Kier alpha value is -1.59. The number of aryl methyl sites for hydroxylation is 1. The van der Waals surface area contributed by atoms with Crippen LogP contribution in [0.4, 0.5) is 11.4 Å². The third kappa shape index (κ3) is 3.71. The second-order valence-corrected chi connectivity index (χ2v) is 5.82. The number of nitrogens with two attached hydrogens (primary N) is 1. The molecule has 1 aromatic rings. The van der Waals surface area contributed by atoms with Crippen LogP contribution in [0, 0.1) is 6.92 Å². The van der Waals surface area contributed by atoms with E-state index in [1.165, 1.54) is 0 Å². The quantitative estimate of drug-likeness (QED) is 0.715. The van der Waals surface area contributed by atoms with E-state index in [0.29, 0.717) is 5.69 Å². The Balaban J connectivity index is 2.80. The first-order valence-electron chi connectivity index (χ1n) is 6.70. The zero-order chi connectivity index (χ0) is 15.5. The number of hydrogen-bond donors (Lipinski definition) is 3. The summed E-state index contributed by atoms with van der Waals surface area (Å²) in [5.41, 5.74) is 7.60. The highest BCUT2D eigenvalue weighted by atomic mass is 16.3. The van der Waals surface area contributed by atoms with Crippen molar-refractivity contribution in [3.8, 4) is 0 Å². The molecule has 1 atom stereocenters. The molecule has 5 heteroatoms. The van der Waals surface area contributed by atoms with Crippen LogP contribution >= 0.6 is 0 Å². The Morgan fingerprint density at radius 2 is 2.10 bits per heavy atom. The minimum absolute atomic E-state index is 0.0119. The highest BCUT2D eigenvalue weighted by molar-refractivity contribution is 5.95. The van der Waals surface area contributed by atoms with Gasteiger partial charge in [0.05, 0.1) is 12.6 Å². The van der Waals surface area contributed by atoms with E-state index < -0.39 is 5.54 Å². The highest BCUT2D eigenvalue weighted by Crippen LogP contribution is 2.20. The van der Waals surface area contributed by atoms with Gasteiger partial charge in [-0.15, -0.1) is 0 Å². The Morgan fingerprint density at radius 1 is 1.50 bits per heavy atom. The van der Waals surface area contributed by atoms with Crippen molar-refractivity contribution in [3.05, 3.63) is 23.8 Å². The summed E-state index contributed by atoms with van der Waals surface area (Å²) in [6.45, 7) is 7.50. The highest BCUT2D eigenvalue weighted by Gasteiger charge is 2.30. The van der Waals surface area contributed by atoms with Crippen LogP contribution in [0.15, 0.2) is 18.2 Å². The van der Waals surface area contributed by atoms with E-state index in [4.69, 9.17) is 5.73 Å². The first kappa shape index (κ1) is 16.5. The average Bonchev–Trinajstić information content (AvgIpc) is 2.40. The lowest BCUT2D eigenvalue weighted by molar-refractivity contribution is -0.122. The molecule has 5 nitrogen and oxygen atoms in total. The normalized spacial score (nSPS) is 13.3.